The van der Waals surface area contributed by atoms with E-state index in [1.165, 1.54) is 24.9 Å². The Hall–Kier alpha value is -1.23. The standard InChI is InChI=1S/C14H20BrN3O/c1-2-3-10-6-7-18(9-10)13-5-4-11(8-12(13)15)14(16)17-19/h4-5,8,10,19H,2-3,6-7,9H2,1H3,(H2,16,17). The van der Waals surface area contributed by atoms with Crippen molar-refractivity contribution in [2.45, 2.75) is 26.2 Å². The fourth-order valence-electron chi connectivity index (χ4n) is 2.68. The molecule has 1 aromatic carbocycles. The van der Waals surface area contributed by atoms with Crippen molar-refractivity contribution in [3.63, 3.8) is 0 Å². The van der Waals surface area contributed by atoms with Gasteiger partial charge in [-0.2, -0.15) is 0 Å². The van der Waals surface area contributed by atoms with E-state index in [2.05, 4.69) is 32.9 Å². The minimum atomic E-state index is 0.137. The van der Waals surface area contributed by atoms with Crippen LogP contribution in [0.4, 0.5) is 5.69 Å². The molecule has 19 heavy (non-hydrogen) atoms. The van der Waals surface area contributed by atoms with Gasteiger partial charge in [0.1, 0.15) is 0 Å². The zero-order valence-corrected chi connectivity index (χ0v) is 12.7. The van der Waals surface area contributed by atoms with Crippen LogP contribution in [0.2, 0.25) is 0 Å². The van der Waals surface area contributed by atoms with Crippen molar-refractivity contribution in [1.29, 1.82) is 0 Å². The van der Waals surface area contributed by atoms with Gasteiger partial charge < -0.3 is 15.8 Å². The Morgan fingerprint density at radius 3 is 3.00 bits per heavy atom. The number of hydrogen-bond acceptors (Lipinski definition) is 3. The third-order valence-electron chi connectivity index (χ3n) is 3.67. The highest BCUT2D eigenvalue weighted by Crippen LogP contribution is 2.32. The van der Waals surface area contributed by atoms with Gasteiger partial charge in [-0.25, -0.2) is 0 Å². The Bertz CT molecular complexity index is 476. The molecule has 1 unspecified atom stereocenters. The fourth-order valence-corrected chi connectivity index (χ4v) is 3.31. The van der Waals surface area contributed by atoms with E-state index in [4.69, 9.17) is 10.9 Å². The topological polar surface area (TPSA) is 61.8 Å². The average Bonchev–Trinajstić information content (AvgIpc) is 2.86. The molecule has 0 aliphatic carbocycles. The van der Waals surface area contributed by atoms with Crippen LogP contribution in [0.1, 0.15) is 31.7 Å². The van der Waals surface area contributed by atoms with Gasteiger partial charge in [0.15, 0.2) is 5.84 Å². The highest BCUT2D eigenvalue weighted by atomic mass is 79.9. The molecule has 0 saturated carbocycles. The Kier molecular flexibility index (Phi) is 4.69. The van der Waals surface area contributed by atoms with Gasteiger partial charge in [0.25, 0.3) is 0 Å². The van der Waals surface area contributed by atoms with E-state index in [0.29, 0.717) is 0 Å². The van der Waals surface area contributed by atoms with Crippen molar-refractivity contribution in [1.82, 2.24) is 0 Å². The molecule has 1 aromatic rings. The number of benzene rings is 1. The van der Waals surface area contributed by atoms with Crippen molar-refractivity contribution < 1.29 is 5.21 Å². The first-order chi connectivity index (χ1) is 9.15. The van der Waals surface area contributed by atoms with E-state index in [-0.39, 0.29) is 5.84 Å². The smallest absolute Gasteiger partial charge is 0.170 e. The van der Waals surface area contributed by atoms with Crippen molar-refractivity contribution in [2.24, 2.45) is 16.8 Å². The van der Waals surface area contributed by atoms with E-state index in [1.807, 2.05) is 18.2 Å². The summed E-state index contributed by atoms with van der Waals surface area (Å²) in [5.41, 5.74) is 7.51. The van der Waals surface area contributed by atoms with Gasteiger partial charge in [-0.15, -0.1) is 0 Å². The molecule has 0 spiro atoms. The molecule has 0 radical (unpaired) electrons. The Morgan fingerprint density at radius 2 is 2.37 bits per heavy atom. The van der Waals surface area contributed by atoms with Crippen LogP contribution in [0.5, 0.6) is 0 Å². The van der Waals surface area contributed by atoms with Crippen LogP contribution in [0.15, 0.2) is 27.8 Å². The normalized spacial score (nSPS) is 20.0. The summed E-state index contributed by atoms with van der Waals surface area (Å²) in [5.74, 6) is 0.943. The lowest BCUT2D eigenvalue weighted by molar-refractivity contribution is 0.318. The summed E-state index contributed by atoms with van der Waals surface area (Å²) < 4.78 is 0.994. The van der Waals surface area contributed by atoms with Crippen LogP contribution in [0.25, 0.3) is 0 Å². The van der Waals surface area contributed by atoms with Crippen molar-refractivity contribution in [3.8, 4) is 0 Å². The van der Waals surface area contributed by atoms with E-state index in [9.17, 15) is 0 Å². The third-order valence-corrected chi connectivity index (χ3v) is 4.31. The zero-order valence-electron chi connectivity index (χ0n) is 11.1. The monoisotopic (exact) mass is 325 g/mol. The van der Waals surface area contributed by atoms with Gasteiger partial charge in [-0.05, 0) is 52.9 Å². The maximum Gasteiger partial charge on any atom is 0.170 e. The zero-order chi connectivity index (χ0) is 13.8. The van der Waals surface area contributed by atoms with Gasteiger partial charge in [0, 0.05) is 23.1 Å². The van der Waals surface area contributed by atoms with Crippen LogP contribution in [0.3, 0.4) is 0 Å². The number of rotatable bonds is 4. The van der Waals surface area contributed by atoms with Gasteiger partial charge in [-0.1, -0.05) is 18.5 Å². The predicted molar refractivity (Wildman–Crippen MR) is 81.9 cm³/mol. The Balaban J connectivity index is 2.14. The van der Waals surface area contributed by atoms with Crippen LogP contribution in [-0.2, 0) is 0 Å². The lowest BCUT2D eigenvalue weighted by atomic mass is 10.0. The molecule has 1 atom stereocenters. The van der Waals surface area contributed by atoms with E-state index >= 15 is 0 Å². The fraction of sp³-hybridized carbons (Fsp3) is 0.500. The molecule has 1 heterocycles. The Morgan fingerprint density at radius 1 is 1.58 bits per heavy atom. The molecule has 1 saturated heterocycles. The Labute approximate surface area is 122 Å². The SMILES string of the molecule is CCCC1CCN(c2ccc(/C(N)=N/O)cc2Br)C1. The van der Waals surface area contributed by atoms with Gasteiger partial charge in [-0.3, -0.25) is 0 Å². The maximum atomic E-state index is 8.69. The molecule has 5 heteroatoms. The summed E-state index contributed by atoms with van der Waals surface area (Å²) in [5, 5.41) is 11.7. The second kappa shape index (κ2) is 6.28. The van der Waals surface area contributed by atoms with E-state index < -0.39 is 0 Å². The highest BCUT2D eigenvalue weighted by molar-refractivity contribution is 9.10. The molecule has 4 nitrogen and oxygen atoms in total. The summed E-state index contributed by atoms with van der Waals surface area (Å²) in [6.07, 6.45) is 3.82. The molecule has 3 N–H and O–H groups in total. The highest BCUT2D eigenvalue weighted by Gasteiger charge is 2.23. The molecule has 2 rings (SSSR count). The number of amidine groups is 1. The van der Waals surface area contributed by atoms with Crippen molar-refractivity contribution in [3.05, 3.63) is 28.2 Å². The molecule has 0 bridgehead atoms. The largest absolute Gasteiger partial charge is 0.409 e. The lowest BCUT2D eigenvalue weighted by Gasteiger charge is -2.20. The molecule has 0 aromatic heterocycles. The van der Waals surface area contributed by atoms with Crippen LogP contribution in [0, 0.1) is 5.92 Å². The molecule has 104 valence electrons. The summed E-state index contributed by atoms with van der Waals surface area (Å²) in [6.45, 7) is 4.46. The quantitative estimate of drug-likeness (QED) is 0.387. The molecule has 1 aliphatic heterocycles. The van der Waals surface area contributed by atoms with E-state index in [0.717, 1.165) is 29.0 Å². The summed E-state index contributed by atoms with van der Waals surface area (Å²) in [6, 6.07) is 5.83. The number of halogens is 1. The summed E-state index contributed by atoms with van der Waals surface area (Å²) in [4.78, 5) is 2.40. The first kappa shape index (κ1) is 14.2. The second-order valence-corrected chi connectivity index (χ2v) is 5.90. The minimum Gasteiger partial charge on any atom is -0.409 e. The van der Waals surface area contributed by atoms with Gasteiger partial charge in [0.05, 0.1) is 5.69 Å². The lowest BCUT2D eigenvalue weighted by Crippen LogP contribution is -2.20. The van der Waals surface area contributed by atoms with Gasteiger partial charge in [0.2, 0.25) is 0 Å². The number of nitrogens with two attached hydrogens (primary N) is 1. The number of oxime groups is 1. The van der Waals surface area contributed by atoms with E-state index in [1.54, 1.807) is 0 Å². The number of anilines is 1. The molecule has 1 fully saturated rings. The first-order valence-electron chi connectivity index (χ1n) is 6.68. The number of nitrogens with zero attached hydrogens (tertiary/aromatic N) is 2. The van der Waals surface area contributed by atoms with Crippen LogP contribution >= 0.6 is 15.9 Å². The van der Waals surface area contributed by atoms with Crippen molar-refractivity contribution >= 4 is 27.5 Å². The first-order valence-corrected chi connectivity index (χ1v) is 7.47. The third kappa shape index (κ3) is 3.21. The summed E-state index contributed by atoms with van der Waals surface area (Å²) >= 11 is 3.58. The minimum absolute atomic E-state index is 0.137. The summed E-state index contributed by atoms with van der Waals surface area (Å²) in [7, 11) is 0. The van der Waals surface area contributed by atoms with Crippen LogP contribution < -0.4 is 10.6 Å². The second-order valence-electron chi connectivity index (χ2n) is 5.04. The maximum absolute atomic E-state index is 8.69. The molecule has 1 aliphatic rings. The molecule has 0 amide bonds. The van der Waals surface area contributed by atoms with Gasteiger partial charge >= 0.3 is 0 Å². The molecular weight excluding hydrogens is 306 g/mol. The van der Waals surface area contributed by atoms with Crippen molar-refractivity contribution in [2.75, 3.05) is 18.0 Å². The predicted octanol–water partition coefficient (Wildman–Crippen LogP) is 3.17. The average molecular weight is 326 g/mol. The molecular formula is C14H20BrN3O. The number of hydrogen-bond donors (Lipinski definition) is 2. The van der Waals surface area contributed by atoms with Crippen LogP contribution in [-0.4, -0.2) is 24.1 Å².